The first-order valence-electron chi connectivity index (χ1n) is 5.01. The number of hydrogen-bond acceptors (Lipinski definition) is 3. The van der Waals surface area contributed by atoms with Crippen LogP contribution >= 0.6 is 0 Å². The molecule has 1 rings (SSSR count). The van der Waals surface area contributed by atoms with Gasteiger partial charge in [-0.3, -0.25) is 5.41 Å². The minimum Gasteiger partial charge on any atom is -0.374 e. The van der Waals surface area contributed by atoms with Gasteiger partial charge < -0.3 is 20.1 Å². The summed E-state index contributed by atoms with van der Waals surface area (Å²) < 4.78 is 11.1. The molecule has 82 valence electrons. The average molecular weight is 201 g/mol. The van der Waals surface area contributed by atoms with Gasteiger partial charge in [-0.25, -0.2) is 0 Å². The van der Waals surface area contributed by atoms with Crippen LogP contribution in [-0.2, 0) is 9.47 Å². The summed E-state index contributed by atoms with van der Waals surface area (Å²) in [6.45, 7) is 6.57. The molecule has 1 saturated heterocycles. The maximum atomic E-state index is 7.33. The molecule has 3 N–H and O–H groups in total. The Labute approximate surface area is 84.7 Å². The third-order valence-corrected chi connectivity index (χ3v) is 2.32. The Balaban J connectivity index is 2.50. The summed E-state index contributed by atoms with van der Waals surface area (Å²) in [5.41, 5.74) is 5.41. The number of ether oxygens (including phenoxy) is 2. The van der Waals surface area contributed by atoms with Gasteiger partial charge in [0.15, 0.2) is 5.96 Å². The summed E-state index contributed by atoms with van der Waals surface area (Å²) in [6.07, 6.45) is 0.0905. The average Bonchev–Trinajstić information content (AvgIpc) is 2.50. The minimum absolute atomic E-state index is 0.0452. The van der Waals surface area contributed by atoms with Gasteiger partial charge >= 0.3 is 0 Å². The van der Waals surface area contributed by atoms with Crippen molar-refractivity contribution in [3.05, 3.63) is 0 Å². The van der Waals surface area contributed by atoms with E-state index in [0.29, 0.717) is 26.3 Å². The van der Waals surface area contributed by atoms with Crippen molar-refractivity contribution in [1.82, 2.24) is 4.90 Å². The molecule has 1 fully saturated rings. The molecule has 1 aliphatic heterocycles. The molecule has 0 aromatic carbocycles. The maximum Gasteiger partial charge on any atom is 0.188 e. The topological polar surface area (TPSA) is 71.6 Å². The maximum absolute atomic E-state index is 7.33. The van der Waals surface area contributed by atoms with E-state index in [-0.39, 0.29) is 18.2 Å². The number of nitrogens with two attached hydrogens (primary N) is 1. The van der Waals surface area contributed by atoms with Crippen LogP contribution in [0.4, 0.5) is 0 Å². The number of hydrogen-bond donors (Lipinski definition) is 2. The monoisotopic (exact) mass is 201 g/mol. The van der Waals surface area contributed by atoms with Crippen LogP contribution in [0, 0.1) is 5.41 Å². The zero-order valence-corrected chi connectivity index (χ0v) is 8.82. The number of nitrogens with one attached hydrogen (secondary N) is 1. The van der Waals surface area contributed by atoms with Crippen molar-refractivity contribution in [3.63, 3.8) is 0 Å². The summed E-state index contributed by atoms with van der Waals surface area (Å²) in [7, 11) is 0. The van der Waals surface area contributed by atoms with Crippen molar-refractivity contribution in [2.75, 3.05) is 26.3 Å². The fraction of sp³-hybridized carbons (Fsp3) is 0.889. The Morgan fingerprint density at radius 3 is 2.00 bits per heavy atom. The number of nitrogens with zero attached hydrogens (tertiary/aromatic N) is 1. The lowest BCUT2D eigenvalue weighted by Crippen LogP contribution is -2.35. The summed E-state index contributed by atoms with van der Waals surface area (Å²) in [5.74, 6) is 0.0944. The molecular weight excluding hydrogens is 182 g/mol. The molecule has 0 amide bonds. The van der Waals surface area contributed by atoms with Crippen LogP contribution in [0.2, 0.25) is 0 Å². The molecule has 0 saturated carbocycles. The molecule has 0 aromatic heterocycles. The Kier molecular flexibility index (Phi) is 4.16. The molecule has 5 heteroatoms. The largest absolute Gasteiger partial charge is 0.374 e. The van der Waals surface area contributed by atoms with Crippen molar-refractivity contribution >= 4 is 5.96 Å². The van der Waals surface area contributed by atoms with E-state index in [1.54, 1.807) is 4.90 Å². The van der Waals surface area contributed by atoms with E-state index < -0.39 is 0 Å². The molecule has 0 radical (unpaired) electrons. The van der Waals surface area contributed by atoms with Crippen molar-refractivity contribution in [2.24, 2.45) is 5.73 Å². The Hall–Kier alpha value is -0.810. The second kappa shape index (κ2) is 5.17. The molecule has 2 atom stereocenters. The van der Waals surface area contributed by atoms with E-state index in [0.717, 1.165) is 0 Å². The summed E-state index contributed by atoms with van der Waals surface area (Å²) in [5, 5.41) is 7.33. The first-order chi connectivity index (χ1) is 6.69. The summed E-state index contributed by atoms with van der Waals surface area (Å²) >= 11 is 0. The zero-order chi connectivity index (χ0) is 10.6. The normalized spacial score (nSPS) is 26.9. The van der Waals surface area contributed by atoms with E-state index >= 15 is 0 Å². The smallest absolute Gasteiger partial charge is 0.188 e. The van der Waals surface area contributed by atoms with Crippen LogP contribution < -0.4 is 5.73 Å². The highest BCUT2D eigenvalue weighted by Crippen LogP contribution is 2.16. The van der Waals surface area contributed by atoms with Crippen LogP contribution in [0.1, 0.15) is 13.8 Å². The fourth-order valence-electron chi connectivity index (χ4n) is 1.69. The molecule has 0 aromatic rings. The molecule has 1 heterocycles. The highest BCUT2D eigenvalue weighted by molar-refractivity contribution is 5.75. The van der Waals surface area contributed by atoms with Crippen molar-refractivity contribution in [2.45, 2.75) is 26.1 Å². The van der Waals surface area contributed by atoms with Gasteiger partial charge in [0.05, 0.1) is 0 Å². The highest BCUT2D eigenvalue weighted by atomic mass is 16.5. The van der Waals surface area contributed by atoms with Gasteiger partial charge in [-0.1, -0.05) is 0 Å². The summed E-state index contributed by atoms with van der Waals surface area (Å²) in [6, 6.07) is 0. The van der Waals surface area contributed by atoms with Crippen molar-refractivity contribution in [3.8, 4) is 0 Å². The van der Waals surface area contributed by atoms with E-state index in [1.165, 1.54) is 0 Å². The van der Waals surface area contributed by atoms with Gasteiger partial charge in [0.2, 0.25) is 0 Å². The Bertz CT molecular complexity index is 184. The minimum atomic E-state index is 0.0452. The Morgan fingerprint density at radius 2 is 1.71 bits per heavy atom. The number of guanidine groups is 1. The van der Waals surface area contributed by atoms with E-state index in [4.69, 9.17) is 20.6 Å². The lowest BCUT2D eigenvalue weighted by Gasteiger charge is -2.17. The molecule has 0 aliphatic carbocycles. The predicted octanol–water partition coefficient (Wildman–Crippen LogP) is 0.00567. The van der Waals surface area contributed by atoms with Crippen LogP contribution in [0.15, 0.2) is 0 Å². The molecule has 14 heavy (non-hydrogen) atoms. The van der Waals surface area contributed by atoms with Gasteiger partial charge in [0, 0.05) is 26.3 Å². The zero-order valence-electron chi connectivity index (χ0n) is 8.82. The van der Waals surface area contributed by atoms with Gasteiger partial charge in [-0.05, 0) is 13.8 Å². The van der Waals surface area contributed by atoms with E-state index in [2.05, 4.69) is 0 Å². The number of rotatable bonds is 4. The van der Waals surface area contributed by atoms with Crippen molar-refractivity contribution in [1.29, 1.82) is 5.41 Å². The first-order valence-corrected chi connectivity index (χ1v) is 5.01. The lowest BCUT2D eigenvalue weighted by atomic mass is 10.2. The number of likely N-dealkylation sites (tertiary alicyclic amines) is 1. The van der Waals surface area contributed by atoms with Gasteiger partial charge in [0.25, 0.3) is 0 Å². The standard InChI is InChI=1S/C9H19N3O2/c1-3-13-7-5-12(9(10)11)6-8(7)14-4-2/h7-8H,3-6H2,1-2H3,(H3,10,11)/t7-,8-/m1/s1. The predicted molar refractivity (Wildman–Crippen MR) is 54.3 cm³/mol. The van der Waals surface area contributed by atoms with Crippen LogP contribution in [0.5, 0.6) is 0 Å². The third kappa shape index (κ3) is 2.59. The third-order valence-electron chi connectivity index (χ3n) is 2.32. The second-order valence-corrected chi connectivity index (χ2v) is 3.28. The van der Waals surface area contributed by atoms with Crippen LogP contribution in [0.25, 0.3) is 0 Å². The van der Waals surface area contributed by atoms with E-state index in [1.807, 2.05) is 13.8 Å². The fourth-order valence-corrected chi connectivity index (χ4v) is 1.69. The van der Waals surface area contributed by atoms with E-state index in [9.17, 15) is 0 Å². The van der Waals surface area contributed by atoms with Crippen LogP contribution in [-0.4, -0.2) is 49.4 Å². The molecule has 0 spiro atoms. The highest BCUT2D eigenvalue weighted by Gasteiger charge is 2.34. The first kappa shape index (κ1) is 11.3. The lowest BCUT2D eigenvalue weighted by molar-refractivity contribution is -0.0388. The Morgan fingerprint density at radius 1 is 1.29 bits per heavy atom. The molecule has 5 nitrogen and oxygen atoms in total. The van der Waals surface area contributed by atoms with Crippen molar-refractivity contribution < 1.29 is 9.47 Å². The molecular formula is C9H19N3O2. The van der Waals surface area contributed by atoms with Gasteiger partial charge in [-0.15, -0.1) is 0 Å². The van der Waals surface area contributed by atoms with Gasteiger partial charge in [-0.2, -0.15) is 0 Å². The molecule has 0 unspecified atom stereocenters. The summed E-state index contributed by atoms with van der Waals surface area (Å²) in [4.78, 5) is 1.78. The molecule has 0 bridgehead atoms. The second-order valence-electron chi connectivity index (χ2n) is 3.28. The van der Waals surface area contributed by atoms with Gasteiger partial charge in [0.1, 0.15) is 12.2 Å². The quantitative estimate of drug-likeness (QED) is 0.496. The SMILES string of the molecule is CCO[C@@H]1CN(C(=N)N)C[C@H]1OCC. The molecule has 1 aliphatic rings. The van der Waals surface area contributed by atoms with Crippen LogP contribution in [0.3, 0.4) is 0 Å².